The number of hydrogen-bond acceptors (Lipinski definition) is 2. The first kappa shape index (κ1) is 10.9. The molecular formula is C12H11ClN2O. The van der Waals surface area contributed by atoms with Crippen molar-refractivity contribution in [1.29, 1.82) is 0 Å². The number of hydrogen-bond donors (Lipinski definition) is 0. The van der Waals surface area contributed by atoms with Crippen LogP contribution in [0.25, 0.3) is 5.69 Å². The van der Waals surface area contributed by atoms with Gasteiger partial charge in [0, 0.05) is 6.20 Å². The summed E-state index contributed by atoms with van der Waals surface area (Å²) in [5.74, 6) is 0.243. The number of aromatic nitrogens is 2. The average molecular weight is 235 g/mol. The monoisotopic (exact) mass is 234 g/mol. The average Bonchev–Trinajstić information content (AvgIpc) is 2.72. The standard InChI is InChI=1S/C12H11ClN2O/c1-9-3-2-4-11(5-9)15-7-10(8-16)12(6-13)14-15/h2-5,7-8H,6H2,1H3. The molecule has 0 aliphatic heterocycles. The van der Waals surface area contributed by atoms with Gasteiger partial charge in [-0.05, 0) is 24.6 Å². The Balaban J connectivity index is 2.48. The van der Waals surface area contributed by atoms with Crippen molar-refractivity contribution in [3.05, 3.63) is 47.3 Å². The topological polar surface area (TPSA) is 34.9 Å². The molecule has 16 heavy (non-hydrogen) atoms. The second-order valence-corrected chi connectivity index (χ2v) is 3.83. The zero-order chi connectivity index (χ0) is 11.5. The lowest BCUT2D eigenvalue weighted by Gasteiger charge is -2.01. The minimum atomic E-state index is 0.243. The second-order valence-electron chi connectivity index (χ2n) is 3.57. The van der Waals surface area contributed by atoms with Gasteiger partial charge in [0.15, 0.2) is 6.29 Å². The molecule has 0 atom stereocenters. The maximum Gasteiger partial charge on any atom is 0.153 e. The van der Waals surface area contributed by atoms with Crippen molar-refractivity contribution >= 4 is 17.9 Å². The summed E-state index contributed by atoms with van der Waals surface area (Å²) in [4.78, 5) is 10.8. The van der Waals surface area contributed by atoms with Crippen molar-refractivity contribution in [3.8, 4) is 5.69 Å². The summed E-state index contributed by atoms with van der Waals surface area (Å²) in [7, 11) is 0. The highest BCUT2D eigenvalue weighted by Crippen LogP contribution is 2.13. The van der Waals surface area contributed by atoms with Crippen LogP contribution >= 0.6 is 11.6 Å². The fraction of sp³-hybridized carbons (Fsp3) is 0.167. The molecule has 0 bridgehead atoms. The van der Waals surface area contributed by atoms with Gasteiger partial charge in [0.05, 0.1) is 22.8 Å². The molecular weight excluding hydrogens is 224 g/mol. The normalized spacial score (nSPS) is 10.4. The highest BCUT2D eigenvalue weighted by atomic mass is 35.5. The fourth-order valence-electron chi connectivity index (χ4n) is 1.53. The molecule has 0 amide bonds. The lowest BCUT2D eigenvalue weighted by molar-refractivity contribution is 0.112. The Bertz CT molecular complexity index is 519. The lowest BCUT2D eigenvalue weighted by atomic mass is 10.2. The van der Waals surface area contributed by atoms with Crippen molar-refractivity contribution in [2.45, 2.75) is 12.8 Å². The SMILES string of the molecule is Cc1cccc(-n2cc(C=O)c(CCl)n2)c1. The van der Waals surface area contributed by atoms with Crippen molar-refractivity contribution in [2.24, 2.45) is 0 Å². The molecule has 1 heterocycles. The van der Waals surface area contributed by atoms with E-state index in [0.717, 1.165) is 17.5 Å². The van der Waals surface area contributed by atoms with Crippen molar-refractivity contribution < 1.29 is 4.79 Å². The molecule has 0 saturated carbocycles. The molecule has 0 aliphatic carbocycles. The number of alkyl halides is 1. The Morgan fingerprint density at radius 1 is 1.50 bits per heavy atom. The van der Waals surface area contributed by atoms with Crippen LogP contribution in [0.4, 0.5) is 0 Å². The fourth-order valence-corrected chi connectivity index (χ4v) is 1.74. The minimum absolute atomic E-state index is 0.243. The van der Waals surface area contributed by atoms with Gasteiger partial charge in [0.1, 0.15) is 0 Å². The number of aryl methyl sites for hydroxylation is 1. The van der Waals surface area contributed by atoms with Gasteiger partial charge in [-0.3, -0.25) is 4.79 Å². The molecule has 82 valence electrons. The van der Waals surface area contributed by atoms with Gasteiger partial charge >= 0.3 is 0 Å². The van der Waals surface area contributed by atoms with Crippen LogP contribution in [0.15, 0.2) is 30.5 Å². The summed E-state index contributed by atoms with van der Waals surface area (Å²) in [5.41, 5.74) is 3.22. The summed E-state index contributed by atoms with van der Waals surface area (Å²) in [6, 6.07) is 7.90. The van der Waals surface area contributed by atoms with Crippen LogP contribution in [-0.4, -0.2) is 16.1 Å². The van der Waals surface area contributed by atoms with E-state index in [0.29, 0.717) is 11.3 Å². The van der Waals surface area contributed by atoms with Gasteiger partial charge in [-0.1, -0.05) is 12.1 Å². The molecule has 0 N–H and O–H groups in total. The summed E-state index contributed by atoms with van der Waals surface area (Å²) in [6.45, 7) is 2.01. The number of halogens is 1. The van der Waals surface area contributed by atoms with Crippen LogP contribution < -0.4 is 0 Å². The Kier molecular flexibility index (Phi) is 3.06. The van der Waals surface area contributed by atoms with Crippen LogP contribution in [0.3, 0.4) is 0 Å². The Labute approximate surface area is 98.7 Å². The van der Waals surface area contributed by atoms with E-state index in [1.807, 2.05) is 31.2 Å². The highest BCUT2D eigenvalue weighted by molar-refractivity contribution is 6.17. The van der Waals surface area contributed by atoms with E-state index in [4.69, 9.17) is 11.6 Å². The Morgan fingerprint density at radius 2 is 2.31 bits per heavy atom. The number of nitrogens with zero attached hydrogens (tertiary/aromatic N) is 2. The van der Waals surface area contributed by atoms with Crippen molar-refractivity contribution in [3.63, 3.8) is 0 Å². The van der Waals surface area contributed by atoms with Gasteiger partial charge < -0.3 is 0 Å². The molecule has 0 saturated heterocycles. The van der Waals surface area contributed by atoms with E-state index < -0.39 is 0 Å². The van der Waals surface area contributed by atoms with Crippen LogP contribution in [0, 0.1) is 6.92 Å². The lowest BCUT2D eigenvalue weighted by Crippen LogP contribution is -1.95. The van der Waals surface area contributed by atoms with Crippen molar-refractivity contribution in [1.82, 2.24) is 9.78 Å². The van der Waals surface area contributed by atoms with Gasteiger partial charge in [-0.15, -0.1) is 11.6 Å². The number of carbonyl (C=O) groups is 1. The van der Waals surface area contributed by atoms with Crippen LogP contribution in [0.2, 0.25) is 0 Å². The number of aldehydes is 1. The molecule has 3 nitrogen and oxygen atoms in total. The number of carbonyl (C=O) groups excluding carboxylic acids is 1. The molecule has 2 aromatic rings. The number of benzene rings is 1. The maximum atomic E-state index is 10.8. The van der Waals surface area contributed by atoms with E-state index in [9.17, 15) is 4.79 Å². The predicted octanol–water partition coefficient (Wildman–Crippen LogP) is 2.73. The third-order valence-corrected chi connectivity index (χ3v) is 2.60. The molecule has 0 unspecified atom stereocenters. The molecule has 4 heteroatoms. The molecule has 0 radical (unpaired) electrons. The number of rotatable bonds is 3. The third-order valence-electron chi connectivity index (χ3n) is 2.34. The van der Waals surface area contributed by atoms with E-state index in [-0.39, 0.29) is 5.88 Å². The first-order chi connectivity index (χ1) is 7.74. The van der Waals surface area contributed by atoms with E-state index >= 15 is 0 Å². The third kappa shape index (κ3) is 1.99. The molecule has 1 aromatic carbocycles. The van der Waals surface area contributed by atoms with Gasteiger partial charge in [-0.2, -0.15) is 5.10 Å². The maximum absolute atomic E-state index is 10.8. The Morgan fingerprint density at radius 3 is 2.88 bits per heavy atom. The summed E-state index contributed by atoms with van der Waals surface area (Å²) < 4.78 is 1.68. The first-order valence-electron chi connectivity index (χ1n) is 4.91. The van der Waals surface area contributed by atoms with Gasteiger partial charge in [-0.25, -0.2) is 4.68 Å². The summed E-state index contributed by atoms with van der Waals surface area (Å²) in [5, 5.41) is 4.26. The van der Waals surface area contributed by atoms with Gasteiger partial charge in [0.25, 0.3) is 0 Å². The first-order valence-corrected chi connectivity index (χ1v) is 5.45. The molecule has 1 aromatic heterocycles. The van der Waals surface area contributed by atoms with Crippen LogP contribution in [-0.2, 0) is 5.88 Å². The minimum Gasteiger partial charge on any atom is -0.298 e. The highest BCUT2D eigenvalue weighted by Gasteiger charge is 2.07. The molecule has 0 fully saturated rings. The quantitative estimate of drug-likeness (QED) is 0.605. The van der Waals surface area contributed by atoms with Crippen LogP contribution in [0.1, 0.15) is 21.6 Å². The summed E-state index contributed by atoms with van der Waals surface area (Å²) in [6.07, 6.45) is 2.47. The largest absolute Gasteiger partial charge is 0.298 e. The van der Waals surface area contributed by atoms with Crippen LogP contribution in [0.5, 0.6) is 0 Å². The summed E-state index contributed by atoms with van der Waals surface area (Å²) >= 11 is 5.71. The zero-order valence-corrected chi connectivity index (χ0v) is 9.61. The second kappa shape index (κ2) is 4.49. The molecule has 2 rings (SSSR count). The van der Waals surface area contributed by atoms with Crippen molar-refractivity contribution in [2.75, 3.05) is 0 Å². The van der Waals surface area contributed by atoms with Gasteiger partial charge in [0.2, 0.25) is 0 Å². The van der Waals surface area contributed by atoms with E-state index in [1.54, 1.807) is 10.9 Å². The molecule has 0 aliphatic rings. The zero-order valence-electron chi connectivity index (χ0n) is 8.85. The van der Waals surface area contributed by atoms with E-state index in [1.165, 1.54) is 0 Å². The Hall–Kier alpha value is -1.61. The van der Waals surface area contributed by atoms with E-state index in [2.05, 4.69) is 5.10 Å². The smallest absolute Gasteiger partial charge is 0.153 e. The predicted molar refractivity (Wildman–Crippen MR) is 63.2 cm³/mol. The molecule has 0 spiro atoms.